The molecular weight excluding hydrogens is 376 g/mol. The van der Waals surface area contributed by atoms with E-state index in [1.807, 2.05) is 56.3 Å². The summed E-state index contributed by atoms with van der Waals surface area (Å²) in [7, 11) is 1.66. The number of aromatic nitrogens is 2. The number of nitrogens with zero attached hydrogens (tertiary/aromatic N) is 2. The lowest BCUT2D eigenvalue weighted by Gasteiger charge is -2.33. The number of aryl methyl sites for hydroxylation is 2. The van der Waals surface area contributed by atoms with Crippen LogP contribution in [-0.2, 0) is 0 Å². The van der Waals surface area contributed by atoms with Gasteiger partial charge in [-0.1, -0.05) is 17.7 Å². The molecule has 0 bridgehead atoms. The number of methoxy groups -OCH3 is 1. The third-order valence-electron chi connectivity index (χ3n) is 5.68. The highest BCUT2D eigenvalue weighted by molar-refractivity contribution is 5.96. The van der Waals surface area contributed by atoms with Crippen LogP contribution in [0.1, 0.15) is 34.3 Å². The Bertz CT molecular complexity index is 1030. The van der Waals surface area contributed by atoms with Crippen molar-refractivity contribution in [2.24, 2.45) is 0 Å². The first-order chi connectivity index (χ1) is 14.5. The fourth-order valence-corrected chi connectivity index (χ4v) is 3.94. The molecule has 3 aromatic rings. The van der Waals surface area contributed by atoms with Crippen molar-refractivity contribution < 1.29 is 9.53 Å². The molecule has 6 nitrogen and oxygen atoms in total. The molecule has 4 rings (SSSR count). The van der Waals surface area contributed by atoms with Gasteiger partial charge in [-0.3, -0.25) is 9.89 Å². The number of hydrogen-bond acceptors (Lipinski definition) is 4. The molecule has 1 atom stereocenters. The number of amides is 1. The fraction of sp³-hybridized carbons (Fsp3) is 0.333. The van der Waals surface area contributed by atoms with Crippen molar-refractivity contribution >= 4 is 11.7 Å². The highest BCUT2D eigenvalue weighted by Crippen LogP contribution is 2.26. The summed E-state index contributed by atoms with van der Waals surface area (Å²) in [6, 6.07) is 16.1. The van der Waals surface area contributed by atoms with Gasteiger partial charge in [-0.2, -0.15) is 5.10 Å². The van der Waals surface area contributed by atoms with E-state index in [1.54, 1.807) is 7.11 Å². The lowest BCUT2D eigenvalue weighted by atomic mass is 10.0. The van der Waals surface area contributed by atoms with Gasteiger partial charge in [-0.05, 0) is 68.1 Å². The van der Waals surface area contributed by atoms with Gasteiger partial charge < -0.3 is 15.0 Å². The van der Waals surface area contributed by atoms with Crippen molar-refractivity contribution in [3.05, 3.63) is 65.2 Å². The molecule has 2 aromatic carbocycles. The van der Waals surface area contributed by atoms with Gasteiger partial charge in [-0.25, -0.2) is 0 Å². The molecule has 0 aliphatic carbocycles. The van der Waals surface area contributed by atoms with Gasteiger partial charge in [0.25, 0.3) is 5.91 Å². The average Bonchev–Trinajstić information content (AvgIpc) is 3.26. The van der Waals surface area contributed by atoms with E-state index in [1.165, 1.54) is 0 Å². The molecular formula is C24H28N4O2. The van der Waals surface area contributed by atoms with Crippen LogP contribution in [0.5, 0.6) is 5.75 Å². The van der Waals surface area contributed by atoms with Gasteiger partial charge in [0, 0.05) is 30.8 Å². The molecule has 0 saturated carbocycles. The van der Waals surface area contributed by atoms with E-state index in [0.717, 1.165) is 65.4 Å². The standard InChI is InChI=1S/C24H28N4O2/c1-16-6-7-17(2)21(13-16)24(29)25-19-5-4-12-28(15-19)23-14-22(26-27-23)18-8-10-20(30-3)11-9-18/h6-11,13-14,19H,4-5,12,15H2,1-3H3,(H,25,29)(H,26,27)/t19-/m0/s1. The molecule has 6 heteroatoms. The number of anilines is 1. The van der Waals surface area contributed by atoms with Gasteiger partial charge in [0.1, 0.15) is 5.75 Å². The van der Waals surface area contributed by atoms with E-state index in [2.05, 4.69) is 26.5 Å². The number of rotatable bonds is 5. The first-order valence-corrected chi connectivity index (χ1v) is 10.4. The number of nitrogens with one attached hydrogen (secondary N) is 2. The zero-order valence-electron chi connectivity index (χ0n) is 17.7. The minimum atomic E-state index is 0.00370. The minimum absolute atomic E-state index is 0.00370. The molecule has 30 heavy (non-hydrogen) atoms. The van der Waals surface area contributed by atoms with E-state index >= 15 is 0 Å². The smallest absolute Gasteiger partial charge is 0.251 e. The van der Waals surface area contributed by atoms with Gasteiger partial charge in [-0.15, -0.1) is 0 Å². The predicted molar refractivity (Wildman–Crippen MR) is 119 cm³/mol. The Labute approximate surface area is 177 Å². The number of H-pyrrole nitrogens is 1. The van der Waals surface area contributed by atoms with Crippen LogP contribution in [0.15, 0.2) is 48.5 Å². The number of carbonyl (C=O) groups is 1. The third-order valence-corrected chi connectivity index (χ3v) is 5.68. The Balaban J connectivity index is 1.43. The van der Waals surface area contributed by atoms with E-state index < -0.39 is 0 Å². The van der Waals surface area contributed by atoms with E-state index in [-0.39, 0.29) is 11.9 Å². The molecule has 2 N–H and O–H groups in total. The van der Waals surface area contributed by atoms with E-state index in [0.29, 0.717) is 0 Å². The first-order valence-electron chi connectivity index (χ1n) is 10.4. The summed E-state index contributed by atoms with van der Waals surface area (Å²) in [5, 5.41) is 10.9. The van der Waals surface area contributed by atoms with Crippen molar-refractivity contribution in [1.29, 1.82) is 0 Å². The SMILES string of the molecule is COc1ccc(-c2cc(N3CCC[C@H](NC(=O)c4cc(C)ccc4C)C3)n[nH]2)cc1. The van der Waals surface area contributed by atoms with Crippen LogP contribution < -0.4 is 15.0 Å². The predicted octanol–water partition coefficient (Wildman–Crippen LogP) is 4.10. The van der Waals surface area contributed by atoms with Crippen LogP contribution >= 0.6 is 0 Å². The molecule has 0 radical (unpaired) electrons. The Hall–Kier alpha value is -3.28. The van der Waals surface area contributed by atoms with Gasteiger partial charge in [0.05, 0.1) is 12.8 Å². The summed E-state index contributed by atoms with van der Waals surface area (Å²) >= 11 is 0. The van der Waals surface area contributed by atoms with Crippen LogP contribution in [0, 0.1) is 13.8 Å². The monoisotopic (exact) mass is 404 g/mol. The quantitative estimate of drug-likeness (QED) is 0.672. The normalized spacial score (nSPS) is 16.4. The van der Waals surface area contributed by atoms with Gasteiger partial charge in [0.2, 0.25) is 0 Å². The second-order valence-electron chi connectivity index (χ2n) is 7.95. The second kappa shape index (κ2) is 8.61. The summed E-state index contributed by atoms with van der Waals surface area (Å²) < 4.78 is 5.23. The molecule has 1 saturated heterocycles. The maximum absolute atomic E-state index is 12.8. The van der Waals surface area contributed by atoms with Crippen LogP contribution in [0.4, 0.5) is 5.82 Å². The molecule has 1 aliphatic heterocycles. The number of piperidine rings is 1. The molecule has 1 amide bonds. The number of carbonyl (C=O) groups excluding carboxylic acids is 1. The molecule has 1 fully saturated rings. The Morgan fingerprint density at radius 3 is 2.73 bits per heavy atom. The molecule has 156 valence electrons. The van der Waals surface area contributed by atoms with Crippen molar-refractivity contribution in [3.63, 3.8) is 0 Å². The largest absolute Gasteiger partial charge is 0.497 e. The first kappa shape index (κ1) is 20.0. The maximum Gasteiger partial charge on any atom is 0.251 e. The molecule has 0 spiro atoms. The summed E-state index contributed by atoms with van der Waals surface area (Å²) in [5.41, 5.74) is 4.88. The zero-order valence-corrected chi connectivity index (χ0v) is 17.7. The molecule has 1 aromatic heterocycles. The van der Waals surface area contributed by atoms with Crippen LogP contribution in [0.2, 0.25) is 0 Å². The lowest BCUT2D eigenvalue weighted by molar-refractivity contribution is 0.0932. The van der Waals surface area contributed by atoms with Crippen molar-refractivity contribution in [3.8, 4) is 17.0 Å². The lowest BCUT2D eigenvalue weighted by Crippen LogP contribution is -2.48. The van der Waals surface area contributed by atoms with Gasteiger partial charge >= 0.3 is 0 Å². The molecule has 2 heterocycles. The van der Waals surface area contributed by atoms with Crippen molar-refractivity contribution in [2.45, 2.75) is 32.7 Å². The van der Waals surface area contributed by atoms with Crippen LogP contribution in [0.25, 0.3) is 11.3 Å². The molecule has 1 aliphatic rings. The van der Waals surface area contributed by atoms with Crippen LogP contribution in [0.3, 0.4) is 0 Å². The topological polar surface area (TPSA) is 70.2 Å². The summed E-state index contributed by atoms with van der Waals surface area (Å²) in [5.74, 6) is 1.74. The third kappa shape index (κ3) is 4.32. The van der Waals surface area contributed by atoms with Gasteiger partial charge in [0.15, 0.2) is 5.82 Å². The zero-order chi connectivity index (χ0) is 21.1. The Morgan fingerprint density at radius 2 is 1.97 bits per heavy atom. The van der Waals surface area contributed by atoms with Crippen molar-refractivity contribution in [1.82, 2.24) is 15.5 Å². The number of hydrogen-bond donors (Lipinski definition) is 2. The number of benzene rings is 2. The fourth-order valence-electron chi connectivity index (χ4n) is 3.94. The average molecular weight is 405 g/mol. The Kier molecular flexibility index (Phi) is 5.74. The molecule has 0 unspecified atom stereocenters. The summed E-state index contributed by atoms with van der Waals surface area (Å²) in [6.45, 7) is 5.68. The van der Waals surface area contributed by atoms with E-state index in [9.17, 15) is 4.79 Å². The summed E-state index contributed by atoms with van der Waals surface area (Å²) in [6.07, 6.45) is 1.99. The minimum Gasteiger partial charge on any atom is -0.497 e. The maximum atomic E-state index is 12.8. The summed E-state index contributed by atoms with van der Waals surface area (Å²) in [4.78, 5) is 15.0. The van der Waals surface area contributed by atoms with Crippen molar-refractivity contribution in [2.75, 3.05) is 25.1 Å². The highest BCUT2D eigenvalue weighted by atomic mass is 16.5. The van der Waals surface area contributed by atoms with E-state index in [4.69, 9.17) is 4.74 Å². The van der Waals surface area contributed by atoms with Crippen LogP contribution in [-0.4, -0.2) is 42.3 Å². The second-order valence-corrected chi connectivity index (χ2v) is 7.95. The number of aromatic amines is 1. The Morgan fingerprint density at radius 1 is 1.17 bits per heavy atom. The number of ether oxygens (including phenoxy) is 1. The highest BCUT2D eigenvalue weighted by Gasteiger charge is 2.24.